The summed E-state index contributed by atoms with van der Waals surface area (Å²) in [5.74, 6) is -4.21. The lowest BCUT2D eigenvalue weighted by Crippen LogP contribution is -2.64. The summed E-state index contributed by atoms with van der Waals surface area (Å²) in [5, 5.41) is 11.9. The van der Waals surface area contributed by atoms with Gasteiger partial charge in [0.1, 0.15) is 6.61 Å². The van der Waals surface area contributed by atoms with Gasteiger partial charge in [-0.15, -0.1) is 11.6 Å². The van der Waals surface area contributed by atoms with Crippen molar-refractivity contribution in [2.45, 2.75) is 65.0 Å². The minimum atomic E-state index is -1.80. The van der Waals surface area contributed by atoms with E-state index in [9.17, 15) is 34.1 Å². The number of nitro groups is 1. The number of rotatable bonds is 11. The Balaban J connectivity index is 2.48. The quantitative estimate of drug-likeness (QED) is 0.0885. The first kappa shape index (κ1) is 33.0. The Bertz CT molecular complexity index is 1160. The molecule has 1 aromatic carbocycles. The Kier molecular flexibility index (Phi) is 12.1. The Morgan fingerprint density at radius 2 is 1.59 bits per heavy atom. The molecule has 0 aromatic heterocycles. The molecule has 1 aromatic rings. The summed E-state index contributed by atoms with van der Waals surface area (Å²) in [5.41, 5.74) is -0.404. The smallest absolute Gasteiger partial charge is 0.411 e. The number of amides is 1. The number of ether oxygens (including phenoxy) is 7. The van der Waals surface area contributed by atoms with E-state index in [1.807, 2.05) is 0 Å². The van der Waals surface area contributed by atoms with Crippen molar-refractivity contribution < 1.29 is 62.1 Å². The number of nitrogens with zero attached hydrogens (tertiary/aromatic N) is 2. The number of esters is 4. The first-order chi connectivity index (χ1) is 19.3. The Hall–Kier alpha value is -4.18. The minimum absolute atomic E-state index is 0.119. The number of carbonyl (C=O) groups excluding carboxylic acids is 5. The fourth-order valence-corrected chi connectivity index (χ4v) is 3.96. The number of hydrogen-bond acceptors (Lipinski definition) is 14. The third-order valence-electron chi connectivity index (χ3n) is 5.44. The largest absolute Gasteiger partial charge is 0.467 e. The lowest BCUT2D eigenvalue weighted by atomic mass is 9.97. The molecular weight excluding hydrogens is 576 g/mol. The number of benzene rings is 1. The van der Waals surface area contributed by atoms with Gasteiger partial charge in [-0.3, -0.25) is 29.4 Å². The maximum atomic E-state index is 12.6. The van der Waals surface area contributed by atoms with Crippen molar-refractivity contribution in [2.75, 3.05) is 19.7 Å². The average molecular weight is 605 g/mol. The van der Waals surface area contributed by atoms with E-state index in [1.165, 1.54) is 11.0 Å². The van der Waals surface area contributed by atoms with Gasteiger partial charge in [-0.05, 0) is 18.6 Å². The van der Waals surface area contributed by atoms with Gasteiger partial charge in [-0.2, -0.15) is 0 Å². The van der Waals surface area contributed by atoms with Crippen molar-refractivity contribution in [2.24, 2.45) is 0 Å². The van der Waals surface area contributed by atoms with E-state index in [2.05, 4.69) is 0 Å². The SMILES string of the molecule is CCN(CCl)C(=O)OCc1ccc(O[C@@H]2OC(C(=O)OC)C(OC(C)=O)[C@H](OC(C)=O)C2OC(C)=O)c([N+](=O)[O-])c1. The second-order valence-electron chi connectivity index (χ2n) is 8.38. The molecule has 17 heteroatoms. The molecule has 1 amide bonds. The van der Waals surface area contributed by atoms with E-state index in [0.29, 0.717) is 0 Å². The molecular formula is C24H29ClN2O14. The maximum absolute atomic E-state index is 12.6. The van der Waals surface area contributed by atoms with Crippen LogP contribution in [-0.2, 0) is 54.2 Å². The summed E-state index contributed by atoms with van der Waals surface area (Å²) in [6.45, 7) is 4.66. The normalized spacial score (nSPS) is 21.6. The lowest BCUT2D eigenvalue weighted by molar-refractivity contribution is -0.387. The van der Waals surface area contributed by atoms with Crippen LogP contribution in [0.1, 0.15) is 33.3 Å². The second kappa shape index (κ2) is 15.0. The first-order valence-electron chi connectivity index (χ1n) is 12.0. The molecule has 41 heavy (non-hydrogen) atoms. The van der Waals surface area contributed by atoms with Crippen molar-refractivity contribution in [3.05, 3.63) is 33.9 Å². The highest BCUT2D eigenvalue weighted by Gasteiger charge is 2.56. The summed E-state index contributed by atoms with van der Waals surface area (Å²) in [7, 11) is 1.01. The van der Waals surface area contributed by atoms with Crippen LogP contribution in [0.2, 0.25) is 0 Å². The summed E-state index contributed by atoms with van der Waals surface area (Å²) in [4.78, 5) is 72.5. The zero-order valence-electron chi connectivity index (χ0n) is 22.7. The molecule has 5 atom stereocenters. The number of alkyl halides is 1. The summed E-state index contributed by atoms with van der Waals surface area (Å²) in [6.07, 6.45) is -9.26. The predicted octanol–water partition coefficient (Wildman–Crippen LogP) is 1.82. The topological polar surface area (TPSA) is 196 Å². The van der Waals surface area contributed by atoms with Gasteiger partial charge in [0.15, 0.2) is 24.1 Å². The maximum Gasteiger partial charge on any atom is 0.411 e. The zero-order chi connectivity index (χ0) is 30.9. The van der Waals surface area contributed by atoms with Crippen LogP contribution in [0.4, 0.5) is 10.5 Å². The molecule has 0 spiro atoms. The van der Waals surface area contributed by atoms with Gasteiger partial charge in [0.05, 0.1) is 18.0 Å². The molecule has 16 nitrogen and oxygen atoms in total. The second-order valence-corrected chi connectivity index (χ2v) is 8.62. The zero-order valence-corrected chi connectivity index (χ0v) is 23.5. The van der Waals surface area contributed by atoms with Crippen LogP contribution in [-0.4, -0.2) is 90.2 Å². The van der Waals surface area contributed by atoms with Crippen LogP contribution >= 0.6 is 11.6 Å². The van der Waals surface area contributed by atoms with Gasteiger partial charge >= 0.3 is 35.7 Å². The monoisotopic (exact) mass is 604 g/mol. The molecule has 1 heterocycles. The van der Waals surface area contributed by atoms with Gasteiger partial charge < -0.3 is 33.2 Å². The van der Waals surface area contributed by atoms with Gasteiger partial charge in [-0.25, -0.2) is 9.59 Å². The van der Waals surface area contributed by atoms with Crippen molar-refractivity contribution in [3.8, 4) is 5.75 Å². The van der Waals surface area contributed by atoms with E-state index < -0.39 is 77.0 Å². The Morgan fingerprint density at radius 1 is 1.00 bits per heavy atom. The number of nitro benzene ring substituents is 1. The molecule has 0 bridgehead atoms. The number of hydrogen-bond donors (Lipinski definition) is 0. The fourth-order valence-electron chi connectivity index (χ4n) is 3.69. The number of halogens is 1. The molecule has 0 saturated carbocycles. The molecule has 1 aliphatic heterocycles. The predicted molar refractivity (Wildman–Crippen MR) is 134 cm³/mol. The van der Waals surface area contributed by atoms with Crippen LogP contribution in [0, 0.1) is 10.1 Å². The third-order valence-corrected chi connectivity index (χ3v) is 5.73. The first-order valence-corrected chi connectivity index (χ1v) is 12.5. The molecule has 0 N–H and O–H groups in total. The van der Waals surface area contributed by atoms with Crippen molar-refractivity contribution in [3.63, 3.8) is 0 Å². The van der Waals surface area contributed by atoms with Gasteiger partial charge in [0.2, 0.25) is 12.4 Å². The molecule has 2 rings (SSSR count). The molecule has 1 fully saturated rings. The van der Waals surface area contributed by atoms with Gasteiger partial charge in [0.25, 0.3) is 0 Å². The number of methoxy groups -OCH3 is 1. The van der Waals surface area contributed by atoms with Crippen molar-refractivity contribution >= 4 is 47.3 Å². The van der Waals surface area contributed by atoms with Gasteiger partial charge in [0, 0.05) is 33.4 Å². The van der Waals surface area contributed by atoms with E-state index in [-0.39, 0.29) is 24.7 Å². The van der Waals surface area contributed by atoms with Crippen LogP contribution in [0.3, 0.4) is 0 Å². The lowest BCUT2D eigenvalue weighted by Gasteiger charge is -2.42. The van der Waals surface area contributed by atoms with Crippen molar-refractivity contribution in [1.82, 2.24) is 4.90 Å². The van der Waals surface area contributed by atoms with Crippen LogP contribution in [0.5, 0.6) is 5.75 Å². The van der Waals surface area contributed by atoms with Gasteiger partial charge in [-0.1, -0.05) is 6.07 Å². The minimum Gasteiger partial charge on any atom is -0.467 e. The summed E-state index contributed by atoms with van der Waals surface area (Å²) in [6, 6.07) is 3.44. The van der Waals surface area contributed by atoms with E-state index in [0.717, 1.165) is 40.0 Å². The van der Waals surface area contributed by atoms with Crippen LogP contribution in [0.15, 0.2) is 18.2 Å². The fraction of sp³-hybridized carbons (Fsp3) is 0.542. The third kappa shape index (κ3) is 8.91. The molecule has 1 aliphatic rings. The van der Waals surface area contributed by atoms with E-state index >= 15 is 0 Å². The molecule has 0 aliphatic carbocycles. The summed E-state index contributed by atoms with van der Waals surface area (Å²) >= 11 is 5.67. The average Bonchev–Trinajstić information content (AvgIpc) is 2.90. The Morgan fingerprint density at radius 3 is 2.10 bits per heavy atom. The highest BCUT2D eigenvalue weighted by atomic mass is 35.5. The molecule has 0 radical (unpaired) electrons. The van der Waals surface area contributed by atoms with Crippen molar-refractivity contribution in [1.29, 1.82) is 0 Å². The highest BCUT2D eigenvalue weighted by Crippen LogP contribution is 2.35. The molecule has 226 valence electrons. The summed E-state index contributed by atoms with van der Waals surface area (Å²) < 4.78 is 36.8. The standard InChI is InChI=1S/C24H29ClN2O14/c1-6-26(11-25)24(32)36-10-15-7-8-17(16(9-15)27(33)34)40-23-21(39-14(4)30)19(38-13(3)29)18(37-12(2)28)20(41-23)22(31)35-5/h7-9,18-21,23H,6,10-11H2,1-5H3/t18?,19-,20?,21?,23+/m0/s1. The van der Waals surface area contributed by atoms with E-state index in [1.54, 1.807) is 6.92 Å². The van der Waals surface area contributed by atoms with Crippen LogP contribution in [0.25, 0.3) is 0 Å². The number of carbonyl (C=O) groups is 5. The molecule has 3 unspecified atom stereocenters. The van der Waals surface area contributed by atoms with E-state index in [4.69, 9.17) is 44.8 Å². The molecule has 1 saturated heterocycles. The highest BCUT2D eigenvalue weighted by molar-refractivity contribution is 6.18. The van der Waals surface area contributed by atoms with Crippen LogP contribution < -0.4 is 4.74 Å². The Labute approximate surface area is 238 Å².